The van der Waals surface area contributed by atoms with Gasteiger partial charge in [-0.2, -0.15) is 13.2 Å². The lowest BCUT2D eigenvalue weighted by Crippen LogP contribution is -2.15. The fraction of sp³-hybridized carbons (Fsp3) is 0.500. The molecule has 1 rings (SSSR count). The van der Waals surface area contributed by atoms with Gasteiger partial charge in [0.15, 0.2) is 0 Å². The Morgan fingerprint density at radius 2 is 1.84 bits per heavy atom. The Balaban J connectivity index is 2.47. The molecule has 106 valence electrons. The fourth-order valence-corrected chi connectivity index (χ4v) is 1.75. The monoisotopic (exact) mass is 273 g/mol. The molecule has 0 aliphatic rings. The van der Waals surface area contributed by atoms with Crippen molar-refractivity contribution in [3.8, 4) is 0 Å². The lowest BCUT2D eigenvalue weighted by atomic mass is 10.0. The van der Waals surface area contributed by atoms with Crippen LogP contribution in [-0.2, 0) is 17.4 Å². The Kier molecular flexibility index (Phi) is 5.54. The summed E-state index contributed by atoms with van der Waals surface area (Å²) >= 11 is 0. The molecule has 1 aromatic rings. The normalized spacial score (nSPS) is 13.3. The van der Waals surface area contributed by atoms with E-state index in [1.165, 1.54) is 12.1 Å². The Hall–Kier alpha value is -1.36. The molecule has 1 aromatic carbocycles. The maximum absolute atomic E-state index is 12.3. The van der Waals surface area contributed by atoms with Crippen molar-refractivity contribution in [1.29, 1.82) is 0 Å². The molecule has 1 unspecified atom stereocenters. The second-order valence-corrected chi connectivity index (χ2v) is 4.78. The summed E-state index contributed by atoms with van der Waals surface area (Å²) in [4.78, 5) is 11.6. The van der Waals surface area contributed by atoms with Gasteiger partial charge >= 0.3 is 6.18 Å². The van der Waals surface area contributed by atoms with Crippen LogP contribution < -0.4 is 5.73 Å². The maximum atomic E-state index is 12.3. The van der Waals surface area contributed by atoms with Gasteiger partial charge in [-0.05, 0) is 37.5 Å². The van der Waals surface area contributed by atoms with Gasteiger partial charge in [-0.1, -0.05) is 12.1 Å². The minimum absolute atomic E-state index is 0.0282. The average molecular weight is 273 g/mol. The Morgan fingerprint density at radius 1 is 1.26 bits per heavy atom. The van der Waals surface area contributed by atoms with E-state index in [2.05, 4.69) is 0 Å². The van der Waals surface area contributed by atoms with Crippen molar-refractivity contribution in [3.05, 3.63) is 35.4 Å². The van der Waals surface area contributed by atoms with Crippen LogP contribution in [0.4, 0.5) is 13.2 Å². The Morgan fingerprint density at radius 3 is 2.32 bits per heavy atom. The van der Waals surface area contributed by atoms with Gasteiger partial charge in [0.2, 0.25) is 0 Å². The number of nitrogens with two attached hydrogens (primary N) is 1. The number of hydrogen-bond donors (Lipinski definition) is 1. The smallest absolute Gasteiger partial charge is 0.328 e. The molecule has 0 radical (unpaired) electrons. The van der Waals surface area contributed by atoms with Crippen LogP contribution in [0.25, 0.3) is 0 Å². The molecule has 1 atom stereocenters. The summed E-state index contributed by atoms with van der Waals surface area (Å²) in [7, 11) is 0. The number of ketones is 1. The number of carbonyl (C=O) groups is 1. The average Bonchev–Trinajstić information content (AvgIpc) is 2.27. The summed E-state index contributed by atoms with van der Waals surface area (Å²) in [6.07, 6.45) is -2.24. The molecule has 19 heavy (non-hydrogen) atoms. The van der Waals surface area contributed by atoms with Gasteiger partial charge in [0.1, 0.15) is 5.78 Å². The van der Waals surface area contributed by atoms with Gasteiger partial charge in [0.05, 0.1) is 5.56 Å². The summed E-state index contributed by atoms with van der Waals surface area (Å²) in [5.41, 5.74) is 5.49. The number of hydrogen-bond acceptors (Lipinski definition) is 2. The summed E-state index contributed by atoms with van der Waals surface area (Å²) < 4.78 is 37.0. The van der Waals surface area contributed by atoms with Crippen molar-refractivity contribution >= 4 is 5.78 Å². The second kappa shape index (κ2) is 6.70. The van der Waals surface area contributed by atoms with E-state index < -0.39 is 11.7 Å². The molecule has 0 aliphatic heterocycles. The second-order valence-electron chi connectivity index (χ2n) is 4.78. The molecule has 2 nitrogen and oxygen atoms in total. The van der Waals surface area contributed by atoms with Crippen molar-refractivity contribution in [2.24, 2.45) is 5.73 Å². The van der Waals surface area contributed by atoms with Crippen LogP contribution in [0.1, 0.15) is 37.3 Å². The van der Waals surface area contributed by atoms with Crippen molar-refractivity contribution in [1.82, 2.24) is 0 Å². The van der Waals surface area contributed by atoms with Crippen molar-refractivity contribution in [2.75, 3.05) is 0 Å². The zero-order valence-electron chi connectivity index (χ0n) is 10.8. The predicted molar refractivity (Wildman–Crippen MR) is 67.7 cm³/mol. The largest absolute Gasteiger partial charge is 0.416 e. The predicted octanol–water partition coefficient (Wildman–Crippen LogP) is 3.33. The van der Waals surface area contributed by atoms with Crippen LogP contribution in [-0.4, -0.2) is 11.8 Å². The molecule has 0 spiro atoms. The highest BCUT2D eigenvalue weighted by molar-refractivity contribution is 5.80. The first-order chi connectivity index (χ1) is 8.79. The van der Waals surface area contributed by atoms with Gasteiger partial charge in [-0.15, -0.1) is 0 Å². The molecule has 0 amide bonds. The number of benzene rings is 1. The third-order valence-corrected chi connectivity index (χ3v) is 2.80. The van der Waals surface area contributed by atoms with Gasteiger partial charge in [-0.25, -0.2) is 0 Å². The third-order valence-electron chi connectivity index (χ3n) is 2.80. The first-order valence-electron chi connectivity index (χ1n) is 6.22. The first kappa shape index (κ1) is 15.7. The molecule has 0 fully saturated rings. The minimum Gasteiger partial charge on any atom is -0.328 e. The molecule has 0 bridgehead atoms. The highest BCUT2D eigenvalue weighted by Crippen LogP contribution is 2.29. The quantitative estimate of drug-likeness (QED) is 0.863. The summed E-state index contributed by atoms with van der Waals surface area (Å²) in [6.45, 7) is 1.88. The lowest BCUT2D eigenvalue weighted by Gasteiger charge is -2.07. The number of alkyl halides is 3. The molecule has 5 heteroatoms. The van der Waals surface area contributed by atoms with E-state index in [0.717, 1.165) is 25.0 Å². The van der Waals surface area contributed by atoms with Crippen molar-refractivity contribution in [3.63, 3.8) is 0 Å². The van der Waals surface area contributed by atoms with Gasteiger partial charge in [-0.3, -0.25) is 4.79 Å². The molecule has 2 N–H and O–H groups in total. The summed E-state index contributed by atoms with van der Waals surface area (Å²) in [5, 5.41) is 0. The van der Waals surface area contributed by atoms with E-state index in [-0.39, 0.29) is 18.2 Å². The Labute approximate surface area is 110 Å². The first-order valence-corrected chi connectivity index (χ1v) is 6.22. The fourth-order valence-electron chi connectivity index (χ4n) is 1.75. The summed E-state index contributed by atoms with van der Waals surface area (Å²) in [6, 6.07) is 4.78. The molecule has 0 aromatic heterocycles. The van der Waals surface area contributed by atoms with Crippen LogP contribution in [0.3, 0.4) is 0 Å². The zero-order valence-corrected chi connectivity index (χ0v) is 10.8. The number of halogens is 3. The van der Waals surface area contributed by atoms with Crippen LogP contribution >= 0.6 is 0 Å². The summed E-state index contributed by atoms with van der Waals surface area (Å²) in [5.74, 6) is 0.0282. The molecular weight excluding hydrogens is 255 g/mol. The minimum atomic E-state index is -4.33. The molecule has 0 aliphatic carbocycles. The molecular formula is C14H18F3NO. The van der Waals surface area contributed by atoms with Crippen molar-refractivity contribution < 1.29 is 18.0 Å². The van der Waals surface area contributed by atoms with E-state index >= 15 is 0 Å². The van der Waals surface area contributed by atoms with E-state index in [1.54, 1.807) is 0 Å². The third kappa shape index (κ3) is 5.87. The van der Waals surface area contributed by atoms with Gasteiger partial charge < -0.3 is 5.73 Å². The SMILES string of the molecule is CC(N)CCCC(=O)Cc1ccc(C(F)(F)F)cc1. The molecule has 0 saturated heterocycles. The van der Waals surface area contributed by atoms with Gasteiger partial charge in [0.25, 0.3) is 0 Å². The zero-order chi connectivity index (χ0) is 14.5. The van der Waals surface area contributed by atoms with E-state index in [4.69, 9.17) is 5.73 Å². The Bertz CT molecular complexity index is 410. The van der Waals surface area contributed by atoms with Crippen LogP contribution in [0.2, 0.25) is 0 Å². The number of rotatable bonds is 6. The standard InChI is InChI=1S/C14H18F3NO/c1-10(18)3-2-4-13(19)9-11-5-7-12(8-6-11)14(15,16)17/h5-8,10H,2-4,9,18H2,1H3. The maximum Gasteiger partial charge on any atom is 0.416 e. The topological polar surface area (TPSA) is 43.1 Å². The van der Waals surface area contributed by atoms with Gasteiger partial charge in [0, 0.05) is 18.9 Å². The van der Waals surface area contributed by atoms with Crippen LogP contribution in [0, 0.1) is 0 Å². The van der Waals surface area contributed by atoms with Crippen LogP contribution in [0.15, 0.2) is 24.3 Å². The van der Waals surface area contributed by atoms with E-state index in [1.807, 2.05) is 6.92 Å². The number of carbonyl (C=O) groups excluding carboxylic acids is 1. The van der Waals surface area contributed by atoms with E-state index in [9.17, 15) is 18.0 Å². The lowest BCUT2D eigenvalue weighted by molar-refractivity contribution is -0.137. The van der Waals surface area contributed by atoms with E-state index in [0.29, 0.717) is 12.0 Å². The highest BCUT2D eigenvalue weighted by atomic mass is 19.4. The van der Waals surface area contributed by atoms with Crippen LogP contribution in [0.5, 0.6) is 0 Å². The molecule has 0 heterocycles. The highest BCUT2D eigenvalue weighted by Gasteiger charge is 2.29. The number of Topliss-reactive ketones (excluding diaryl/α,β-unsaturated/α-hetero) is 1. The van der Waals surface area contributed by atoms with Crippen molar-refractivity contribution in [2.45, 2.75) is 44.8 Å². The molecule has 0 saturated carbocycles.